The smallest absolute Gasteiger partial charge is 0.230 e. The molecule has 2 amide bonds. The van der Waals surface area contributed by atoms with Gasteiger partial charge in [0, 0.05) is 12.8 Å². The number of carbonyl (C=O) groups excluding carboxylic acids is 2. The summed E-state index contributed by atoms with van der Waals surface area (Å²) < 4.78 is 0. The molecule has 1 N–H and O–H groups in total. The fraction of sp³-hybridized carbons (Fsp3) is 0.467. The molecule has 0 spiro atoms. The highest BCUT2D eigenvalue weighted by Gasteiger charge is 2.37. The van der Waals surface area contributed by atoms with Gasteiger partial charge >= 0.3 is 0 Å². The number of imide groups is 1. The SMILES string of the molecule is CC1(C)CC(=O)N(Cc2cccc(CO)c2)C(=O)C1. The maximum absolute atomic E-state index is 12.0. The van der Waals surface area contributed by atoms with E-state index >= 15 is 0 Å². The summed E-state index contributed by atoms with van der Waals surface area (Å²) in [5, 5.41) is 9.09. The Morgan fingerprint density at radius 3 is 2.32 bits per heavy atom. The number of benzene rings is 1. The van der Waals surface area contributed by atoms with Crippen molar-refractivity contribution in [1.29, 1.82) is 0 Å². The highest BCUT2D eigenvalue weighted by Crippen LogP contribution is 2.32. The zero-order valence-corrected chi connectivity index (χ0v) is 11.3. The van der Waals surface area contributed by atoms with Gasteiger partial charge in [0.1, 0.15) is 0 Å². The number of amides is 2. The molecule has 19 heavy (non-hydrogen) atoms. The maximum Gasteiger partial charge on any atom is 0.230 e. The van der Waals surface area contributed by atoms with Crippen LogP contribution in [0.1, 0.15) is 37.8 Å². The van der Waals surface area contributed by atoms with Crippen molar-refractivity contribution < 1.29 is 14.7 Å². The number of carbonyl (C=O) groups is 2. The number of likely N-dealkylation sites (tertiary alicyclic amines) is 1. The first kappa shape index (κ1) is 13.7. The highest BCUT2D eigenvalue weighted by atomic mass is 16.3. The average Bonchev–Trinajstić information content (AvgIpc) is 2.33. The average molecular weight is 261 g/mol. The van der Waals surface area contributed by atoms with Crippen molar-refractivity contribution in [2.45, 2.75) is 39.8 Å². The molecule has 1 fully saturated rings. The number of hydrogen-bond acceptors (Lipinski definition) is 3. The van der Waals surface area contributed by atoms with Crippen LogP contribution in [0.15, 0.2) is 24.3 Å². The lowest BCUT2D eigenvalue weighted by molar-refractivity contribution is -0.153. The molecule has 0 unspecified atom stereocenters. The lowest BCUT2D eigenvalue weighted by Gasteiger charge is -2.34. The van der Waals surface area contributed by atoms with E-state index in [0.29, 0.717) is 19.4 Å². The van der Waals surface area contributed by atoms with Gasteiger partial charge in [0.2, 0.25) is 11.8 Å². The molecule has 1 aliphatic rings. The van der Waals surface area contributed by atoms with Crippen LogP contribution in [0.3, 0.4) is 0 Å². The normalized spacial score (nSPS) is 18.8. The fourth-order valence-corrected chi connectivity index (χ4v) is 2.40. The van der Waals surface area contributed by atoms with E-state index in [1.165, 1.54) is 4.90 Å². The summed E-state index contributed by atoms with van der Waals surface area (Å²) in [6.07, 6.45) is 0.802. The van der Waals surface area contributed by atoms with Crippen LogP contribution in [0.4, 0.5) is 0 Å². The lowest BCUT2D eigenvalue weighted by atomic mass is 9.81. The predicted octanol–water partition coefficient (Wildman–Crippen LogP) is 1.85. The molecule has 102 valence electrons. The first-order valence-corrected chi connectivity index (χ1v) is 6.43. The van der Waals surface area contributed by atoms with Crippen LogP contribution in [-0.2, 0) is 22.7 Å². The molecule has 0 saturated carbocycles. The van der Waals surface area contributed by atoms with Crippen LogP contribution in [-0.4, -0.2) is 21.8 Å². The molecule has 1 aromatic carbocycles. The van der Waals surface area contributed by atoms with Gasteiger partial charge in [-0.05, 0) is 16.5 Å². The summed E-state index contributed by atoms with van der Waals surface area (Å²) >= 11 is 0. The molecular weight excluding hydrogens is 242 g/mol. The Morgan fingerprint density at radius 1 is 1.16 bits per heavy atom. The van der Waals surface area contributed by atoms with E-state index in [1.807, 2.05) is 38.1 Å². The Kier molecular flexibility index (Phi) is 3.71. The van der Waals surface area contributed by atoms with E-state index in [4.69, 9.17) is 5.11 Å². The molecule has 1 saturated heterocycles. The van der Waals surface area contributed by atoms with Crippen LogP contribution in [0.5, 0.6) is 0 Å². The molecule has 2 rings (SSSR count). The van der Waals surface area contributed by atoms with Gasteiger partial charge in [0.05, 0.1) is 13.2 Å². The largest absolute Gasteiger partial charge is 0.392 e. The van der Waals surface area contributed by atoms with Crippen LogP contribution in [0.25, 0.3) is 0 Å². The Bertz CT molecular complexity index is 488. The third-order valence-corrected chi connectivity index (χ3v) is 3.38. The van der Waals surface area contributed by atoms with E-state index in [9.17, 15) is 9.59 Å². The molecule has 4 nitrogen and oxygen atoms in total. The Morgan fingerprint density at radius 2 is 1.74 bits per heavy atom. The summed E-state index contributed by atoms with van der Waals surface area (Å²) in [4.78, 5) is 25.4. The summed E-state index contributed by atoms with van der Waals surface area (Å²) in [6.45, 7) is 4.13. The molecule has 1 heterocycles. The quantitative estimate of drug-likeness (QED) is 0.845. The molecule has 1 aliphatic heterocycles. The second-order valence-corrected chi connectivity index (χ2v) is 5.87. The summed E-state index contributed by atoms with van der Waals surface area (Å²) in [5.74, 6) is -0.230. The highest BCUT2D eigenvalue weighted by molar-refractivity contribution is 5.98. The van der Waals surface area contributed by atoms with Gasteiger partial charge in [0.25, 0.3) is 0 Å². The van der Waals surface area contributed by atoms with Crippen molar-refractivity contribution in [3.8, 4) is 0 Å². The van der Waals surface area contributed by atoms with Crippen LogP contribution in [0, 0.1) is 5.41 Å². The number of aliphatic hydroxyl groups is 1. The van der Waals surface area contributed by atoms with E-state index in [0.717, 1.165) is 11.1 Å². The van der Waals surface area contributed by atoms with Gasteiger partial charge in [-0.25, -0.2) is 0 Å². The van der Waals surface area contributed by atoms with Crippen molar-refractivity contribution >= 4 is 11.8 Å². The predicted molar refractivity (Wildman–Crippen MR) is 70.9 cm³/mol. The van der Waals surface area contributed by atoms with E-state index < -0.39 is 0 Å². The first-order chi connectivity index (χ1) is 8.91. The Labute approximate surface area is 113 Å². The maximum atomic E-state index is 12.0. The summed E-state index contributed by atoms with van der Waals surface area (Å²) in [6, 6.07) is 7.32. The van der Waals surface area contributed by atoms with Crippen molar-refractivity contribution in [1.82, 2.24) is 4.90 Å². The van der Waals surface area contributed by atoms with Gasteiger partial charge in [-0.3, -0.25) is 14.5 Å². The van der Waals surface area contributed by atoms with Crippen molar-refractivity contribution in [3.63, 3.8) is 0 Å². The topological polar surface area (TPSA) is 57.6 Å². The monoisotopic (exact) mass is 261 g/mol. The Hall–Kier alpha value is -1.68. The molecule has 4 heteroatoms. The molecule has 0 aromatic heterocycles. The molecule has 0 radical (unpaired) electrons. The van der Waals surface area contributed by atoms with Crippen molar-refractivity contribution in [3.05, 3.63) is 35.4 Å². The standard InChI is InChI=1S/C15H19NO3/c1-15(2)7-13(18)16(14(19)8-15)9-11-4-3-5-12(6-11)10-17/h3-6,17H,7-10H2,1-2H3. The summed E-state index contributed by atoms with van der Waals surface area (Å²) in [7, 11) is 0. The second kappa shape index (κ2) is 5.13. The number of rotatable bonds is 3. The minimum absolute atomic E-state index is 0.0389. The third kappa shape index (κ3) is 3.20. The van der Waals surface area contributed by atoms with Crippen LogP contribution < -0.4 is 0 Å². The lowest BCUT2D eigenvalue weighted by Crippen LogP contribution is -2.45. The summed E-state index contributed by atoms with van der Waals surface area (Å²) in [5.41, 5.74) is 1.42. The molecule has 0 atom stereocenters. The van der Waals surface area contributed by atoms with Gasteiger partial charge < -0.3 is 5.11 Å². The van der Waals surface area contributed by atoms with Crippen molar-refractivity contribution in [2.75, 3.05) is 0 Å². The number of aliphatic hydroxyl groups excluding tert-OH is 1. The van der Waals surface area contributed by atoms with Gasteiger partial charge in [0.15, 0.2) is 0 Å². The van der Waals surface area contributed by atoms with Gasteiger partial charge in [-0.2, -0.15) is 0 Å². The number of nitrogens with zero attached hydrogens (tertiary/aromatic N) is 1. The zero-order valence-electron chi connectivity index (χ0n) is 11.3. The van der Waals surface area contributed by atoms with E-state index in [-0.39, 0.29) is 23.8 Å². The van der Waals surface area contributed by atoms with Crippen LogP contribution >= 0.6 is 0 Å². The Balaban J connectivity index is 2.14. The molecule has 0 bridgehead atoms. The fourth-order valence-electron chi connectivity index (χ4n) is 2.40. The van der Waals surface area contributed by atoms with Crippen molar-refractivity contribution in [2.24, 2.45) is 5.41 Å². The minimum Gasteiger partial charge on any atom is -0.392 e. The molecule has 1 aromatic rings. The van der Waals surface area contributed by atoms with Crippen LogP contribution in [0.2, 0.25) is 0 Å². The van der Waals surface area contributed by atoms with Gasteiger partial charge in [-0.15, -0.1) is 0 Å². The third-order valence-electron chi connectivity index (χ3n) is 3.38. The molecular formula is C15H19NO3. The zero-order chi connectivity index (χ0) is 14.0. The second-order valence-electron chi connectivity index (χ2n) is 5.87. The van der Waals surface area contributed by atoms with Gasteiger partial charge in [-0.1, -0.05) is 38.1 Å². The number of hydrogen-bond donors (Lipinski definition) is 1. The minimum atomic E-state index is -0.238. The van der Waals surface area contributed by atoms with E-state index in [2.05, 4.69) is 0 Å². The first-order valence-electron chi connectivity index (χ1n) is 6.43. The number of piperidine rings is 1. The molecule has 0 aliphatic carbocycles. The van der Waals surface area contributed by atoms with E-state index in [1.54, 1.807) is 0 Å².